The average Bonchev–Trinajstić information content (AvgIpc) is 3.21. The van der Waals surface area contributed by atoms with Gasteiger partial charge in [-0.2, -0.15) is 5.10 Å². The Balaban J connectivity index is 1.66. The van der Waals surface area contributed by atoms with Gasteiger partial charge in [-0.15, -0.1) is 0 Å². The Morgan fingerprint density at radius 1 is 1.32 bits per heavy atom. The molecular formula is C19H27N5O. The Labute approximate surface area is 149 Å². The first-order valence-electron chi connectivity index (χ1n) is 8.90. The van der Waals surface area contributed by atoms with Crippen LogP contribution in [0.2, 0.25) is 0 Å². The van der Waals surface area contributed by atoms with Crippen molar-refractivity contribution in [3.63, 3.8) is 0 Å². The highest BCUT2D eigenvalue weighted by Crippen LogP contribution is 2.27. The summed E-state index contributed by atoms with van der Waals surface area (Å²) in [6.45, 7) is 4.37. The zero-order chi connectivity index (χ0) is 17.7. The van der Waals surface area contributed by atoms with Crippen LogP contribution in [0.5, 0.6) is 0 Å². The Bertz CT molecular complexity index is 664. The molecule has 1 aliphatic heterocycles. The number of para-hydroxylation sites is 1. The molecule has 25 heavy (non-hydrogen) atoms. The van der Waals surface area contributed by atoms with Crippen molar-refractivity contribution < 1.29 is 4.79 Å². The third-order valence-corrected chi connectivity index (χ3v) is 5.18. The molecule has 1 atom stereocenters. The maximum absolute atomic E-state index is 13.1. The number of carbonyl (C=O) groups excluding carboxylic acids is 1. The van der Waals surface area contributed by atoms with Crippen molar-refractivity contribution in [3.05, 3.63) is 48.8 Å². The van der Waals surface area contributed by atoms with E-state index in [-0.39, 0.29) is 11.9 Å². The number of nitrogens with zero attached hydrogens (tertiary/aromatic N) is 3. The van der Waals surface area contributed by atoms with Gasteiger partial charge in [-0.1, -0.05) is 18.2 Å². The summed E-state index contributed by atoms with van der Waals surface area (Å²) in [6, 6.07) is 12.3. The molecule has 0 spiro atoms. The lowest BCUT2D eigenvalue weighted by Crippen LogP contribution is -2.56. The fourth-order valence-corrected chi connectivity index (χ4v) is 3.38. The van der Waals surface area contributed by atoms with Crippen LogP contribution in [0.25, 0.3) is 0 Å². The van der Waals surface area contributed by atoms with Crippen LogP contribution in [0.15, 0.2) is 48.8 Å². The van der Waals surface area contributed by atoms with E-state index in [1.165, 1.54) is 0 Å². The van der Waals surface area contributed by atoms with Gasteiger partial charge >= 0.3 is 0 Å². The van der Waals surface area contributed by atoms with Crippen molar-refractivity contribution in [2.75, 3.05) is 31.6 Å². The molecule has 1 fully saturated rings. The van der Waals surface area contributed by atoms with E-state index in [0.717, 1.165) is 31.6 Å². The number of amides is 1. The minimum atomic E-state index is -0.584. The second-order valence-corrected chi connectivity index (χ2v) is 6.74. The summed E-state index contributed by atoms with van der Waals surface area (Å²) in [5.74, 6) is 0.0611. The maximum Gasteiger partial charge on any atom is 0.248 e. The first-order chi connectivity index (χ1) is 12.1. The monoisotopic (exact) mass is 341 g/mol. The fraction of sp³-hybridized carbons (Fsp3) is 0.474. The number of aromatic nitrogens is 2. The Morgan fingerprint density at radius 3 is 2.68 bits per heavy atom. The van der Waals surface area contributed by atoms with E-state index in [0.29, 0.717) is 6.54 Å². The highest BCUT2D eigenvalue weighted by molar-refractivity contribution is 5.84. The van der Waals surface area contributed by atoms with Gasteiger partial charge < -0.3 is 15.5 Å². The Hall–Kier alpha value is -2.34. The molecule has 1 amide bonds. The molecule has 134 valence electrons. The van der Waals surface area contributed by atoms with Gasteiger partial charge in [0.25, 0.3) is 0 Å². The van der Waals surface area contributed by atoms with E-state index < -0.39 is 5.54 Å². The van der Waals surface area contributed by atoms with Crippen LogP contribution in [0.3, 0.4) is 0 Å². The minimum Gasteiger partial charge on any atom is -0.370 e. The second kappa shape index (κ2) is 7.70. The number of rotatable bonds is 6. The highest BCUT2D eigenvalue weighted by Gasteiger charge is 2.41. The molecule has 6 nitrogen and oxygen atoms in total. The number of benzene rings is 1. The lowest BCUT2D eigenvalue weighted by Gasteiger charge is -2.37. The molecule has 1 saturated heterocycles. The number of likely N-dealkylation sites (N-methyl/N-ethyl adjacent to an activating group) is 1. The van der Waals surface area contributed by atoms with Crippen LogP contribution in [0.4, 0.5) is 5.69 Å². The molecule has 1 aliphatic rings. The SMILES string of the molecule is CC(CNC(=O)C1(n2cccn2)CCNCC1)N(C)c1ccccc1. The largest absolute Gasteiger partial charge is 0.370 e. The van der Waals surface area contributed by atoms with Gasteiger partial charge in [0.2, 0.25) is 5.91 Å². The number of hydrogen-bond acceptors (Lipinski definition) is 4. The maximum atomic E-state index is 13.1. The predicted molar refractivity (Wildman–Crippen MR) is 99.6 cm³/mol. The van der Waals surface area contributed by atoms with Gasteiger partial charge in [0.05, 0.1) is 0 Å². The first kappa shape index (κ1) is 17.5. The van der Waals surface area contributed by atoms with Crippen LogP contribution in [0.1, 0.15) is 19.8 Å². The number of piperidine rings is 1. The zero-order valence-corrected chi connectivity index (χ0v) is 15.0. The van der Waals surface area contributed by atoms with E-state index in [2.05, 4.69) is 46.7 Å². The smallest absolute Gasteiger partial charge is 0.248 e. The summed E-state index contributed by atoms with van der Waals surface area (Å²) in [5, 5.41) is 10.9. The lowest BCUT2D eigenvalue weighted by atomic mass is 9.87. The fourth-order valence-electron chi connectivity index (χ4n) is 3.38. The van der Waals surface area contributed by atoms with E-state index in [1.54, 1.807) is 6.20 Å². The number of anilines is 1. The molecule has 0 radical (unpaired) electrons. The van der Waals surface area contributed by atoms with Crippen LogP contribution in [-0.4, -0.2) is 48.4 Å². The molecule has 2 N–H and O–H groups in total. The third-order valence-electron chi connectivity index (χ3n) is 5.18. The number of nitrogens with one attached hydrogen (secondary N) is 2. The van der Waals surface area contributed by atoms with E-state index >= 15 is 0 Å². The predicted octanol–water partition coefficient (Wildman–Crippen LogP) is 1.60. The van der Waals surface area contributed by atoms with Gasteiger partial charge in [-0.25, -0.2) is 0 Å². The highest BCUT2D eigenvalue weighted by atomic mass is 16.2. The molecule has 6 heteroatoms. The normalized spacial score (nSPS) is 17.7. The van der Waals surface area contributed by atoms with Gasteiger partial charge in [-0.05, 0) is 51.1 Å². The summed E-state index contributed by atoms with van der Waals surface area (Å²) < 4.78 is 1.83. The summed E-state index contributed by atoms with van der Waals surface area (Å²) in [6.07, 6.45) is 5.14. The standard InChI is InChI=1S/C19H27N5O/c1-16(23(2)17-7-4-3-5-8-17)15-21-18(25)19(9-12-20-13-10-19)24-14-6-11-22-24/h3-8,11,14,16,20H,9-10,12-13,15H2,1-2H3,(H,21,25). The first-order valence-corrected chi connectivity index (χ1v) is 8.90. The van der Waals surface area contributed by atoms with E-state index in [1.807, 2.05) is 35.1 Å². The summed E-state index contributed by atoms with van der Waals surface area (Å²) in [7, 11) is 2.06. The third kappa shape index (κ3) is 3.69. The molecule has 2 heterocycles. The van der Waals surface area contributed by atoms with Crippen molar-refractivity contribution >= 4 is 11.6 Å². The van der Waals surface area contributed by atoms with Gasteiger partial charge in [0.15, 0.2) is 0 Å². The molecule has 0 saturated carbocycles. The molecule has 1 aromatic carbocycles. The second-order valence-electron chi connectivity index (χ2n) is 6.74. The Kier molecular flexibility index (Phi) is 5.38. The van der Waals surface area contributed by atoms with Crippen molar-refractivity contribution in [2.24, 2.45) is 0 Å². The van der Waals surface area contributed by atoms with Crippen molar-refractivity contribution in [1.29, 1.82) is 0 Å². The summed E-state index contributed by atoms with van der Waals surface area (Å²) >= 11 is 0. The van der Waals surface area contributed by atoms with Crippen molar-refractivity contribution in [2.45, 2.75) is 31.3 Å². The van der Waals surface area contributed by atoms with Crippen LogP contribution < -0.4 is 15.5 Å². The molecule has 0 bridgehead atoms. The number of hydrogen-bond donors (Lipinski definition) is 2. The summed E-state index contributed by atoms with van der Waals surface area (Å²) in [5.41, 5.74) is 0.563. The van der Waals surface area contributed by atoms with Crippen LogP contribution in [-0.2, 0) is 10.3 Å². The molecule has 1 unspecified atom stereocenters. The molecule has 2 aromatic rings. The quantitative estimate of drug-likeness (QED) is 0.838. The molecule has 1 aromatic heterocycles. The zero-order valence-electron chi connectivity index (χ0n) is 15.0. The summed E-state index contributed by atoms with van der Waals surface area (Å²) in [4.78, 5) is 15.2. The van der Waals surface area contributed by atoms with Gasteiger partial charge in [0.1, 0.15) is 5.54 Å². The number of carbonyl (C=O) groups is 1. The minimum absolute atomic E-state index is 0.0611. The van der Waals surface area contributed by atoms with E-state index in [9.17, 15) is 4.79 Å². The van der Waals surface area contributed by atoms with Crippen LogP contribution >= 0.6 is 0 Å². The van der Waals surface area contributed by atoms with Crippen LogP contribution in [0, 0.1) is 0 Å². The molecule has 0 aliphatic carbocycles. The van der Waals surface area contributed by atoms with Crippen molar-refractivity contribution in [3.8, 4) is 0 Å². The topological polar surface area (TPSA) is 62.2 Å². The van der Waals surface area contributed by atoms with Gasteiger partial charge in [-0.3, -0.25) is 9.48 Å². The molecular weight excluding hydrogens is 314 g/mol. The van der Waals surface area contributed by atoms with Crippen molar-refractivity contribution in [1.82, 2.24) is 20.4 Å². The molecule has 3 rings (SSSR count). The Morgan fingerprint density at radius 2 is 2.04 bits per heavy atom. The lowest BCUT2D eigenvalue weighted by molar-refractivity contribution is -0.132. The van der Waals surface area contributed by atoms with Gasteiger partial charge in [0, 0.05) is 37.7 Å². The average molecular weight is 341 g/mol. The van der Waals surface area contributed by atoms with E-state index in [4.69, 9.17) is 0 Å².